The first kappa shape index (κ1) is 19.2. The van der Waals surface area contributed by atoms with Crippen molar-refractivity contribution in [1.82, 2.24) is 0 Å². The molecule has 136 valence electrons. The summed E-state index contributed by atoms with van der Waals surface area (Å²) in [5, 5.41) is 2.21. The minimum Gasteiger partial charge on any atom is -0.452 e. The van der Waals surface area contributed by atoms with Crippen molar-refractivity contribution in [2.24, 2.45) is 0 Å². The third kappa shape index (κ3) is 6.04. The highest BCUT2D eigenvalue weighted by Crippen LogP contribution is 2.30. The maximum absolute atomic E-state index is 12.7. The molecule has 0 unspecified atom stereocenters. The molecule has 1 amide bonds. The lowest BCUT2D eigenvalue weighted by molar-refractivity contribution is -0.142. The smallest absolute Gasteiger partial charge is 0.416 e. The summed E-state index contributed by atoms with van der Waals surface area (Å²) in [4.78, 5) is 23.2. The van der Waals surface area contributed by atoms with Gasteiger partial charge in [0.05, 0.1) is 5.56 Å². The number of benzene rings is 2. The number of halogens is 4. The number of anilines is 1. The molecule has 0 heterocycles. The van der Waals surface area contributed by atoms with Crippen LogP contribution >= 0.6 is 0 Å². The number of nitrogens with one attached hydrogen (secondary N) is 1. The molecular weight excluding hydrogens is 354 g/mol. The van der Waals surface area contributed by atoms with Gasteiger partial charge in [0.1, 0.15) is 5.82 Å². The zero-order valence-corrected chi connectivity index (χ0v) is 13.2. The van der Waals surface area contributed by atoms with E-state index in [1.807, 2.05) is 0 Å². The summed E-state index contributed by atoms with van der Waals surface area (Å²) in [5.74, 6) is -2.03. The molecule has 2 aromatic rings. The number of carbonyl (C=O) groups is 2. The molecule has 2 aromatic carbocycles. The van der Waals surface area contributed by atoms with Gasteiger partial charge < -0.3 is 10.1 Å². The van der Waals surface area contributed by atoms with E-state index in [4.69, 9.17) is 0 Å². The summed E-state index contributed by atoms with van der Waals surface area (Å²) < 4.78 is 55.2. The minimum atomic E-state index is -4.53. The van der Waals surface area contributed by atoms with Gasteiger partial charge in [-0.15, -0.1) is 0 Å². The van der Waals surface area contributed by atoms with Crippen LogP contribution in [0.25, 0.3) is 6.08 Å². The van der Waals surface area contributed by atoms with Crippen LogP contribution in [-0.2, 0) is 20.5 Å². The highest BCUT2D eigenvalue weighted by molar-refractivity contribution is 5.94. The first-order valence-corrected chi connectivity index (χ1v) is 7.31. The Labute approximate surface area is 146 Å². The summed E-state index contributed by atoms with van der Waals surface area (Å²) in [7, 11) is 0. The topological polar surface area (TPSA) is 55.4 Å². The number of hydrogen-bond donors (Lipinski definition) is 1. The van der Waals surface area contributed by atoms with Crippen molar-refractivity contribution in [1.29, 1.82) is 0 Å². The molecule has 0 fully saturated rings. The molecule has 4 nitrogen and oxygen atoms in total. The molecule has 8 heteroatoms. The van der Waals surface area contributed by atoms with E-state index in [1.165, 1.54) is 36.4 Å². The van der Waals surface area contributed by atoms with Crippen LogP contribution in [0.4, 0.5) is 23.2 Å². The van der Waals surface area contributed by atoms with Gasteiger partial charge in [0, 0.05) is 11.8 Å². The Morgan fingerprint density at radius 1 is 1.08 bits per heavy atom. The van der Waals surface area contributed by atoms with E-state index >= 15 is 0 Å². The molecular formula is C18H13F4NO3. The fourth-order valence-electron chi connectivity index (χ4n) is 1.89. The van der Waals surface area contributed by atoms with E-state index in [0.29, 0.717) is 5.56 Å². The van der Waals surface area contributed by atoms with Gasteiger partial charge in [-0.2, -0.15) is 13.2 Å². The Morgan fingerprint density at radius 2 is 1.77 bits per heavy atom. The van der Waals surface area contributed by atoms with Gasteiger partial charge in [0.15, 0.2) is 6.61 Å². The van der Waals surface area contributed by atoms with Crippen LogP contribution in [0.2, 0.25) is 0 Å². The van der Waals surface area contributed by atoms with E-state index in [1.54, 1.807) is 0 Å². The highest BCUT2D eigenvalue weighted by Gasteiger charge is 2.30. The first-order valence-electron chi connectivity index (χ1n) is 7.31. The van der Waals surface area contributed by atoms with Crippen LogP contribution in [0, 0.1) is 5.82 Å². The maximum atomic E-state index is 12.7. The number of carbonyl (C=O) groups excluding carboxylic acids is 2. The second-order valence-corrected chi connectivity index (χ2v) is 5.12. The summed E-state index contributed by atoms with van der Waals surface area (Å²) in [6.45, 7) is -0.664. The lowest BCUT2D eigenvalue weighted by atomic mass is 10.2. The quantitative estimate of drug-likeness (QED) is 0.493. The Balaban J connectivity index is 1.85. The molecule has 2 rings (SSSR count). The highest BCUT2D eigenvalue weighted by atomic mass is 19.4. The molecule has 1 N–H and O–H groups in total. The van der Waals surface area contributed by atoms with Gasteiger partial charge in [-0.3, -0.25) is 4.79 Å². The number of alkyl halides is 3. The van der Waals surface area contributed by atoms with Crippen molar-refractivity contribution in [3.8, 4) is 0 Å². The summed E-state index contributed by atoms with van der Waals surface area (Å²) in [6.07, 6.45) is -2.12. The van der Waals surface area contributed by atoms with Gasteiger partial charge in [-0.05, 0) is 42.0 Å². The zero-order valence-electron chi connectivity index (χ0n) is 13.2. The number of hydrogen-bond acceptors (Lipinski definition) is 3. The van der Waals surface area contributed by atoms with Gasteiger partial charge in [0.25, 0.3) is 5.91 Å². The molecule has 0 spiro atoms. The normalized spacial score (nSPS) is 11.4. The van der Waals surface area contributed by atoms with Crippen LogP contribution < -0.4 is 5.32 Å². The molecule has 0 atom stereocenters. The third-order valence-corrected chi connectivity index (χ3v) is 3.10. The fourth-order valence-corrected chi connectivity index (χ4v) is 1.89. The number of ether oxygens (including phenoxy) is 1. The van der Waals surface area contributed by atoms with Crippen molar-refractivity contribution in [2.45, 2.75) is 6.18 Å². The minimum absolute atomic E-state index is 0.0669. The van der Waals surface area contributed by atoms with Gasteiger partial charge >= 0.3 is 12.1 Å². The maximum Gasteiger partial charge on any atom is 0.416 e. The van der Waals surface area contributed by atoms with Gasteiger partial charge in [-0.1, -0.05) is 18.2 Å². The lowest BCUT2D eigenvalue weighted by Gasteiger charge is -2.09. The average Bonchev–Trinajstić information content (AvgIpc) is 2.59. The summed E-state index contributed by atoms with van der Waals surface area (Å²) in [5.41, 5.74) is -0.422. The SMILES string of the molecule is O=C(COC(=O)/C=C/c1ccc(F)cc1)Nc1cccc(C(F)(F)F)c1. The Bertz CT molecular complexity index is 814. The molecule has 26 heavy (non-hydrogen) atoms. The van der Waals surface area contributed by atoms with Crippen molar-refractivity contribution in [3.05, 3.63) is 71.6 Å². The second kappa shape index (κ2) is 8.28. The molecule has 0 aromatic heterocycles. The monoisotopic (exact) mass is 367 g/mol. The van der Waals surface area contributed by atoms with E-state index in [9.17, 15) is 27.2 Å². The van der Waals surface area contributed by atoms with Gasteiger partial charge in [-0.25, -0.2) is 9.18 Å². The number of rotatable bonds is 5. The molecule has 0 saturated carbocycles. The predicted molar refractivity (Wildman–Crippen MR) is 86.5 cm³/mol. The van der Waals surface area contributed by atoms with E-state index in [2.05, 4.69) is 10.1 Å². The molecule has 0 radical (unpaired) electrons. The first-order chi connectivity index (χ1) is 12.2. The number of esters is 1. The molecule has 0 aliphatic rings. The summed E-state index contributed by atoms with van der Waals surface area (Å²) in [6, 6.07) is 9.39. The molecule has 0 aliphatic heterocycles. The zero-order chi connectivity index (χ0) is 19.2. The van der Waals surface area contributed by atoms with Crippen molar-refractivity contribution >= 4 is 23.6 Å². The van der Waals surface area contributed by atoms with Crippen LogP contribution in [0.1, 0.15) is 11.1 Å². The predicted octanol–water partition coefficient (Wildman–Crippen LogP) is 4.04. The van der Waals surface area contributed by atoms with Crippen molar-refractivity contribution < 1.29 is 31.9 Å². The molecule has 0 aliphatic carbocycles. The van der Waals surface area contributed by atoms with Crippen molar-refractivity contribution in [3.63, 3.8) is 0 Å². The number of amides is 1. The largest absolute Gasteiger partial charge is 0.452 e. The van der Waals surface area contributed by atoms with E-state index in [0.717, 1.165) is 24.3 Å². The van der Waals surface area contributed by atoms with Crippen LogP contribution in [0.15, 0.2) is 54.6 Å². The molecule has 0 bridgehead atoms. The molecule has 0 saturated heterocycles. The fraction of sp³-hybridized carbons (Fsp3) is 0.111. The Morgan fingerprint density at radius 3 is 2.42 bits per heavy atom. The van der Waals surface area contributed by atoms with E-state index < -0.39 is 36.0 Å². The lowest BCUT2D eigenvalue weighted by Crippen LogP contribution is -2.20. The Kier molecular flexibility index (Phi) is 6.11. The Hall–Kier alpha value is -3.16. The van der Waals surface area contributed by atoms with E-state index in [-0.39, 0.29) is 5.69 Å². The second-order valence-electron chi connectivity index (χ2n) is 5.12. The van der Waals surface area contributed by atoms with Crippen molar-refractivity contribution in [2.75, 3.05) is 11.9 Å². The van der Waals surface area contributed by atoms with Crippen LogP contribution in [0.5, 0.6) is 0 Å². The van der Waals surface area contributed by atoms with Crippen LogP contribution in [-0.4, -0.2) is 18.5 Å². The van der Waals surface area contributed by atoms with Gasteiger partial charge in [0.2, 0.25) is 0 Å². The average molecular weight is 367 g/mol. The van der Waals surface area contributed by atoms with Crippen LogP contribution in [0.3, 0.4) is 0 Å². The summed E-state index contributed by atoms with van der Waals surface area (Å²) >= 11 is 0. The third-order valence-electron chi connectivity index (χ3n) is 3.10. The standard InChI is InChI=1S/C18H13F4NO3/c19-14-7-4-12(5-8-14)6-9-17(25)26-11-16(24)23-15-3-1-2-13(10-15)18(20,21)22/h1-10H,11H2,(H,23,24)/b9-6+.